The molecule has 0 spiro atoms. The van der Waals surface area contributed by atoms with Crippen LogP contribution >= 0.6 is 28.3 Å². The van der Waals surface area contributed by atoms with Crippen LogP contribution in [-0.2, 0) is 15.1 Å². The molecule has 2 aromatic carbocycles. The summed E-state index contributed by atoms with van der Waals surface area (Å²) in [5.41, 5.74) is 1.01. The van der Waals surface area contributed by atoms with Gasteiger partial charge in [0, 0.05) is 48.8 Å². The largest absolute Gasteiger partial charge is 0.454 e. The summed E-state index contributed by atoms with van der Waals surface area (Å²) >= 11 is 3.51. The lowest BCUT2D eigenvalue weighted by Crippen LogP contribution is -2.45. The molecule has 0 N–H and O–H groups in total. The lowest BCUT2D eigenvalue weighted by atomic mass is 9.84. The Balaban J connectivity index is 0.00000507. The van der Waals surface area contributed by atoms with E-state index in [0.29, 0.717) is 18.4 Å². The maximum absolute atomic E-state index is 13.1. The standard InChI is InChI=1S/C31H41BrFNO3.ClH/c1-2-3-4-5-6-7-8-11-30(36)37-31(26-14-16-27(32)17-15-26)20-23-34(24-21-31)22-9-10-29(35)25-12-18-28(33)19-13-25;/h12-19H,2-11,20-24H2,1H3;1H. The van der Waals surface area contributed by atoms with Crippen LogP contribution in [0.1, 0.15) is 99.9 Å². The van der Waals surface area contributed by atoms with Gasteiger partial charge >= 0.3 is 5.97 Å². The maximum Gasteiger partial charge on any atom is 0.306 e. The Morgan fingerprint density at radius 3 is 2.11 bits per heavy atom. The Morgan fingerprint density at radius 1 is 0.868 bits per heavy atom. The van der Waals surface area contributed by atoms with Gasteiger partial charge in [-0.05, 0) is 61.3 Å². The van der Waals surface area contributed by atoms with Crippen LogP contribution in [0.3, 0.4) is 0 Å². The smallest absolute Gasteiger partial charge is 0.306 e. The number of nitrogens with zero attached hydrogens (tertiary/aromatic N) is 1. The second kappa shape index (κ2) is 17.0. The molecule has 0 bridgehead atoms. The van der Waals surface area contributed by atoms with Crippen LogP contribution in [0, 0.1) is 5.82 Å². The van der Waals surface area contributed by atoms with Gasteiger partial charge in [-0.15, -0.1) is 12.4 Å². The van der Waals surface area contributed by atoms with Gasteiger partial charge in [0.2, 0.25) is 0 Å². The zero-order valence-corrected chi connectivity index (χ0v) is 25.0. The highest BCUT2D eigenvalue weighted by atomic mass is 79.9. The number of unbranched alkanes of at least 4 members (excludes halogenated alkanes) is 6. The van der Waals surface area contributed by atoms with Gasteiger partial charge in [0.15, 0.2) is 5.78 Å². The lowest BCUT2D eigenvalue weighted by molar-refractivity contribution is -0.167. The number of rotatable bonds is 15. The van der Waals surface area contributed by atoms with Crippen molar-refractivity contribution in [1.29, 1.82) is 0 Å². The highest BCUT2D eigenvalue weighted by molar-refractivity contribution is 9.10. The summed E-state index contributed by atoms with van der Waals surface area (Å²) in [5.74, 6) is -0.391. The number of carbonyl (C=O) groups is 2. The van der Waals surface area contributed by atoms with Crippen molar-refractivity contribution in [2.75, 3.05) is 19.6 Å². The Hall–Kier alpha value is -1.76. The van der Waals surface area contributed by atoms with Crippen molar-refractivity contribution in [3.05, 3.63) is 69.9 Å². The minimum atomic E-state index is -0.598. The first-order chi connectivity index (χ1) is 17.9. The monoisotopic (exact) mass is 609 g/mol. The molecule has 0 radical (unpaired) electrons. The number of likely N-dealkylation sites (tertiary alicyclic amines) is 1. The predicted octanol–water partition coefficient (Wildman–Crippen LogP) is 8.65. The average molecular weight is 611 g/mol. The van der Waals surface area contributed by atoms with Gasteiger partial charge in [0.25, 0.3) is 0 Å². The van der Waals surface area contributed by atoms with Gasteiger partial charge in [-0.1, -0.05) is 73.5 Å². The predicted molar refractivity (Wildman–Crippen MR) is 157 cm³/mol. The quantitative estimate of drug-likeness (QED) is 0.115. The van der Waals surface area contributed by atoms with E-state index in [1.165, 1.54) is 44.2 Å². The molecule has 0 aromatic heterocycles. The van der Waals surface area contributed by atoms with Crippen molar-refractivity contribution < 1.29 is 18.7 Å². The van der Waals surface area contributed by atoms with E-state index in [4.69, 9.17) is 4.74 Å². The molecule has 210 valence electrons. The number of benzene rings is 2. The summed E-state index contributed by atoms with van der Waals surface area (Å²) in [7, 11) is 0. The molecule has 7 heteroatoms. The summed E-state index contributed by atoms with van der Waals surface area (Å²) in [6, 6.07) is 13.9. The molecule has 1 fully saturated rings. The van der Waals surface area contributed by atoms with Crippen molar-refractivity contribution >= 4 is 40.1 Å². The van der Waals surface area contributed by atoms with E-state index < -0.39 is 5.60 Å². The first-order valence-electron chi connectivity index (χ1n) is 13.9. The van der Waals surface area contributed by atoms with Crippen LogP contribution in [0.2, 0.25) is 0 Å². The first-order valence-corrected chi connectivity index (χ1v) is 14.7. The summed E-state index contributed by atoms with van der Waals surface area (Å²) in [5, 5.41) is 0. The third kappa shape index (κ3) is 10.4. The molecule has 3 rings (SSSR count). The topological polar surface area (TPSA) is 46.6 Å². The van der Waals surface area contributed by atoms with Crippen molar-refractivity contribution in [1.82, 2.24) is 4.90 Å². The fraction of sp³-hybridized carbons (Fsp3) is 0.548. The number of halogens is 3. The fourth-order valence-electron chi connectivity index (χ4n) is 5.08. The molecule has 0 unspecified atom stereocenters. The zero-order valence-electron chi connectivity index (χ0n) is 22.6. The summed E-state index contributed by atoms with van der Waals surface area (Å²) in [6.45, 7) is 4.66. The molecular formula is C31H42BrClFNO3. The molecule has 1 saturated heterocycles. The molecule has 0 atom stereocenters. The number of ether oxygens (including phenoxy) is 1. The molecule has 1 aliphatic heterocycles. The SMILES string of the molecule is CCCCCCCCCC(=O)OC1(c2ccc(Br)cc2)CCN(CCCC(=O)c2ccc(F)cc2)CC1.Cl. The van der Waals surface area contributed by atoms with E-state index in [2.05, 4.69) is 39.9 Å². The molecule has 0 amide bonds. The summed E-state index contributed by atoms with van der Waals surface area (Å²) in [6.07, 6.45) is 11.4. The van der Waals surface area contributed by atoms with E-state index in [9.17, 15) is 14.0 Å². The highest BCUT2D eigenvalue weighted by Gasteiger charge is 2.39. The van der Waals surface area contributed by atoms with Crippen LogP contribution in [0.15, 0.2) is 53.0 Å². The van der Waals surface area contributed by atoms with Gasteiger partial charge in [-0.3, -0.25) is 9.59 Å². The van der Waals surface area contributed by atoms with Gasteiger partial charge in [0.1, 0.15) is 11.4 Å². The first kappa shape index (κ1) is 32.5. The van der Waals surface area contributed by atoms with E-state index >= 15 is 0 Å². The Morgan fingerprint density at radius 2 is 1.47 bits per heavy atom. The molecule has 1 aliphatic rings. The highest BCUT2D eigenvalue weighted by Crippen LogP contribution is 2.38. The van der Waals surface area contributed by atoms with Crippen molar-refractivity contribution in [2.24, 2.45) is 0 Å². The summed E-state index contributed by atoms with van der Waals surface area (Å²) in [4.78, 5) is 27.6. The van der Waals surface area contributed by atoms with Crippen LogP contribution in [0.5, 0.6) is 0 Å². The molecule has 0 saturated carbocycles. The van der Waals surface area contributed by atoms with E-state index in [0.717, 1.165) is 61.8 Å². The van der Waals surface area contributed by atoms with Gasteiger partial charge in [-0.25, -0.2) is 4.39 Å². The molecular weight excluding hydrogens is 569 g/mol. The van der Waals surface area contributed by atoms with Crippen molar-refractivity contribution in [3.63, 3.8) is 0 Å². The van der Waals surface area contributed by atoms with Crippen molar-refractivity contribution in [2.45, 2.75) is 89.6 Å². The van der Waals surface area contributed by atoms with Gasteiger partial charge < -0.3 is 9.64 Å². The molecule has 4 nitrogen and oxygen atoms in total. The molecule has 2 aromatic rings. The van der Waals surface area contributed by atoms with E-state index in [1.807, 2.05) is 12.1 Å². The number of hydrogen-bond donors (Lipinski definition) is 0. The number of esters is 1. The number of ketones is 1. The molecule has 0 aliphatic carbocycles. The minimum Gasteiger partial charge on any atom is -0.454 e. The third-order valence-corrected chi connectivity index (χ3v) is 7.90. The Labute approximate surface area is 242 Å². The van der Waals surface area contributed by atoms with E-state index in [1.54, 1.807) is 12.1 Å². The van der Waals surface area contributed by atoms with Crippen molar-refractivity contribution in [3.8, 4) is 0 Å². The molecule has 1 heterocycles. The fourth-order valence-corrected chi connectivity index (χ4v) is 5.34. The number of carbonyl (C=O) groups excluding carboxylic acids is 2. The van der Waals surface area contributed by atoms with Crippen LogP contribution in [0.4, 0.5) is 4.39 Å². The van der Waals surface area contributed by atoms with Crippen LogP contribution in [-0.4, -0.2) is 36.3 Å². The zero-order chi connectivity index (χ0) is 26.5. The second-order valence-electron chi connectivity index (χ2n) is 10.2. The van der Waals surface area contributed by atoms with E-state index in [-0.39, 0.29) is 30.0 Å². The number of hydrogen-bond acceptors (Lipinski definition) is 4. The number of piperidine rings is 1. The molecule has 38 heavy (non-hydrogen) atoms. The maximum atomic E-state index is 13.1. The third-order valence-electron chi connectivity index (χ3n) is 7.37. The van der Waals surface area contributed by atoms with Crippen LogP contribution < -0.4 is 0 Å². The lowest BCUT2D eigenvalue weighted by Gasteiger charge is -2.41. The average Bonchev–Trinajstić information content (AvgIpc) is 2.90. The number of Topliss-reactive ketones (excluding diaryl/α,β-unsaturated/α-hetero) is 1. The second-order valence-corrected chi connectivity index (χ2v) is 11.1. The normalized spacial score (nSPS) is 15.0. The van der Waals surface area contributed by atoms with Gasteiger partial charge in [0.05, 0.1) is 0 Å². The Kier molecular flexibility index (Phi) is 14.6. The Bertz CT molecular complexity index is 976. The minimum absolute atomic E-state index is 0. The summed E-state index contributed by atoms with van der Waals surface area (Å²) < 4.78 is 20.4. The van der Waals surface area contributed by atoms with Gasteiger partial charge in [-0.2, -0.15) is 0 Å². The van der Waals surface area contributed by atoms with Crippen LogP contribution in [0.25, 0.3) is 0 Å².